The van der Waals surface area contributed by atoms with E-state index in [2.05, 4.69) is 20.9 Å². The van der Waals surface area contributed by atoms with Gasteiger partial charge in [0.05, 0.1) is 10.2 Å². The van der Waals surface area contributed by atoms with Crippen molar-refractivity contribution in [2.75, 3.05) is 18.8 Å². The molecule has 1 amide bonds. The Morgan fingerprint density at radius 1 is 1.28 bits per heavy atom. The molecule has 136 valence electrons. The van der Waals surface area contributed by atoms with Gasteiger partial charge in [0, 0.05) is 31.9 Å². The van der Waals surface area contributed by atoms with Gasteiger partial charge in [0.1, 0.15) is 22.2 Å². The Kier molecular flexibility index (Phi) is 5.52. The van der Waals surface area contributed by atoms with E-state index in [-0.39, 0.29) is 33.0 Å². The van der Waals surface area contributed by atoms with Crippen molar-refractivity contribution in [3.63, 3.8) is 0 Å². The van der Waals surface area contributed by atoms with Gasteiger partial charge in [-0.1, -0.05) is 6.92 Å². The molecule has 6 nitrogen and oxygen atoms in total. The Morgan fingerprint density at radius 2 is 1.92 bits per heavy atom. The number of H-pyrrole nitrogens is 1. The van der Waals surface area contributed by atoms with E-state index >= 15 is 0 Å². The lowest BCUT2D eigenvalue weighted by Crippen LogP contribution is -2.23. The lowest BCUT2D eigenvalue weighted by atomic mass is 10.2. The number of amides is 1. The molecule has 0 radical (unpaired) electrons. The summed E-state index contributed by atoms with van der Waals surface area (Å²) in [6, 6.07) is 1.56. The van der Waals surface area contributed by atoms with Crippen LogP contribution in [-0.4, -0.2) is 38.3 Å². The van der Waals surface area contributed by atoms with E-state index in [0.29, 0.717) is 0 Å². The van der Waals surface area contributed by atoms with Crippen molar-refractivity contribution < 1.29 is 22.0 Å². The highest BCUT2D eigenvalue weighted by Crippen LogP contribution is 2.27. The highest BCUT2D eigenvalue weighted by molar-refractivity contribution is 9.10. The van der Waals surface area contributed by atoms with Crippen LogP contribution in [0.15, 0.2) is 27.7 Å². The monoisotopic (exact) mass is 435 g/mol. The molecule has 0 aliphatic heterocycles. The fraction of sp³-hybridized carbons (Fsp3) is 0.267. The highest BCUT2D eigenvalue weighted by Gasteiger charge is 2.26. The Morgan fingerprint density at radius 3 is 2.48 bits per heavy atom. The molecule has 1 heterocycles. The Hall–Kier alpha value is -1.94. The van der Waals surface area contributed by atoms with Gasteiger partial charge in [-0.05, 0) is 28.4 Å². The fourth-order valence-electron chi connectivity index (χ4n) is 2.24. The molecule has 0 saturated heterocycles. The minimum absolute atomic E-state index is 0.122. The number of halogens is 3. The standard InChI is InChI=1S/C15H16BrF2N3O3S/c1-4-8-13(7-19-14(8)15(22)21(2)3)25(23,24)20-12-6-10(17)9(16)5-11(12)18/h5-7,19-20H,4H2,1-3H3. The minimum Gasteiger partial charge on any atom is -0.356 e. The molecule has 0 atom stereocenters. The second-order valence-electron chi connectivity index (χ2n) is 5.41. The maximum Gasteiger partial charge on any atom is 0.270 e. The number of rotatable bonds is 5. The molecular weight excluding hydrogens is 420 g/mol. The lowest BCUT2D eigenvalue weighted by molar-refractivity contribution is 0.0821. The van der Waals surface area contributed by atoms with Crippen molar-refractivity contribution in [2.45, 2.75) is 18.2 Å². The van der Waals surface area contributed by atoms with Gasteiger partial charge in [-0.25, -0.2) is 17.2 Å². The third kappa shape index (κ3) is 3.84. The Labute approximate surface area is 152 Å². The number of benzene rings is 1. The molecule has 0 saturated carbocycles. The molecule has 10 heteroatoms. The van der Waals surface area contributed by atoms with Gasteiger partial charge in [-0.2, -0.15) is 0 Å². The number of aromatic amines is 1. The molecule has 0 bridgehead atoms. The summed E-state index contributed by atoms with van der Waals surface area (Å²) in [5, 5.41) is 0. The number of sulfonamides is 1. The molecule has 0 spiro atoms. The van der Waals surface area contributed by atoms with E-state index < -0.39 is 27.3 Å². The predicted molar refractivity (Wildman–Crippen MR) is 93.1 cm³/mol. The maximum absolute atomic E-state index is 13.9. The first-order valence-electron chi connectivity index (χ1n) is 7.17. The van der Waals surface area contributed by atoms with Gasteiger partial charge in [0.15, 0.2) is 0 Å². The van der Waals surface area contributed by atoms with E-state index in [4.69, 9.17) is 0 Å². The number of aromatic nitrogens is 1. The van der Waals surface area contributed by atoms with Crippen LogP contribution >= 0.6 is 15.9 Å². The van der Waals surface area contributed by atoms with Crippen molar-refractivity contribution in [3.05, 3.63) is 45.7 Å². The number of hydrogen-bond donors (Lipinski definition) is 2. The summed E-state index contributed by atoms with van der Waals surface area (Å²) >= 11 is 2.82. The van der Waals surface area contributed by atoms with Gasteiger partial charge in [0.2, 0.25) is 0 Å². The molecule has 1 aromatic carbocycles. The van der Waals surface area contributed by atoms with Crippen LogP contribution in [-0.2, 0) is 16.4 Å². The van der Waals surface area contributed by atoms with E-state index in [9.17, 15) is 22.0 Å². The Bertz CT molecular complexity index is 926. The Balaban J connectivity index is 2.48. The quantitative estimate of drug-likeness (QED) is 0.707. The van der Waals surface area contributed by atoms with Crippen LogP contribution in [0.5, 0.6) is 0 Å². The van der Waals surface area contributed by atoms with E-state index in [1.807, 2.05) is 4.72 Å². The average molecular weight is 436 g/mol. The molecule has 2 aromatic rings. The third-order valence-corrected chi connectivity index (χ3v) is 5.50. The minimum atomic E-state index is -4.22. The second-order valence-corrected chi connectivity index (χ2v) is 7.92. The van der Waals surface area contributed by atoms with E-state index in [0.717, 1.165) is 18.3 Å². The van der Waals surface area contributed by atoms with Gasteiger partial charge < -0.3 is 9.88 Å². The number of hydrogen-bond acceptors (Lipinski definition) is 3. The molecule has 2 rings (SSSR count). The lowest BCUT2D eigenvalue weighted by Gasteiger charge is -2.12. The van der Waals surface area contributed by atoms with Crippen LogP contribution in [0, 0.1) is 11.6 Å². The molecule has 0 aliphatic carbocycles. The van der Waals surface area contributed by atoms with Gasteiger partial charge in [0.25, 0.3) is 15.9 Å². The van der Waals surface area contributed by atoms with Gasteiger partial charge in [-0.15, -0.1) is 0 Å². The summed E-state index contributed by atoms with van der Waals surface area (Å²) in [5.41, 5.74) is -0.121. The summed E-state index contributed by atoms with van der Waals surface area (Å²) in [4.78, 5) is 15.9. The number of carbonyl (C=O) groups is 1. The predicted octanol–water partition coefficient (Wildman–Crippen LogP) is 3.12. The summed E-state index contributed by atoms with van der Waals surface area (Å²) < 4.78 is 54.5. The number of nitrogens with zero attached hydrogens (tertiary/aromatic N) is 1. The largest absolute Gasteiger partial charge is 0.356 e. The van der Waals surface area contributed by atoms with E-state index in [1.165, 1.54) is 19.0 Å². The van der Waals surface area contributed by atoms with Gasteiger partial charge >= 0.3 is 0 Å². The van der Waals surface area contributed by atoms with Crippen LogP contribution in [0.3, 0.4) is 0 Å². The first kappa shape index (κ1) is 19.4. The van der Waals surface area contributed by atoms with Gasteiger partial charge in [-0.3, -0.25) is 9.52 Å². The second kappa shape index (κ2) is 7.12. The summed E-state index contributed by atoms with van der Waals surface area (Å²) in [7, 11) is -1.15. The van der Waals surface area contributed by atoms with Crippen LogP contribution in [0.25, 0.3) is 0 Å². The molecule has 0 unspecified atom stereocenters. The summed E-state index contributed by atoms with van der Waals surface area (Å²) in [6.07, 6.45) is 1.41. The van der Waals surface area contributed by atoms with Crippen molar-refractivity contribution in [3.8, 4) is 0 Å². The zero-order valence-corrected chi connectivity index (χ0v) is 16.1. The van der Waals surface area contributed by atoms with Crippen LogP contribution in [0.4, 0.5) is 14.5 Å². The van der Waals surface area contributed by atoms with Crippen molar-refractivity contribution in [1.82, 2.24) is 9.88 Å². The molecular formula is C15H16BrF2N3O3S. The summed E-state index contributed by atoms with van der Waals surface area (Å²) in [5.74, 6) is -2.14. The molecule has 0 aliphatic rings. The van der Waals surface area contributed by atoms with Crippen molar-refractivity contribution in [2.24, 2.45) is 0 Å². The maximum atomic E-state index is 13.9. The van der Waals surface area contributed by atoms with Crippen LogP contribution in [0.1, 0.15) is 23.0 Å². The number of carbonyl (C=O) groups excluding carboxylic acids is 1. The van der Waals surface area contributed by atoms with E-state index in [1.54, 1.807) is 6.92 Å². The topological polar surface area (TPSA) is 82.3 Å². The first-order valence-corrected chi connectivity index (χ1v) is 9.45. The zero-order valence-electron chi connectivity index (χ0n) is 13.7. The molecule has 1 aromatic heterocycles. The molecule has 2 N–H and O–H groups in total. The number of anilines is 1. The first-order chi connectivity index (χ1) is 11.6. The summed E-state index contributed by atoms with van der Waals surface area (Å²) in [6.45, 7) is 1.69. The van der Waals surface area contributed by atoms with Crippen molar-refractivity contribution >= 4 is 37.5 Å². The fourth-order valence-corrected chi connectivity index (χ4v) is 3.90. The third-order valence-electron chi connectivity index (χ3n) is 3.46. The van der Waals surface area contributed by atoms with Crippen LogP contribution in [0.2, 0.25) is 0 Å². The van der Waals surface area contributed by atoms with Crippen LogP contribution < -0.4 is 4.72 Å². The highest BCUT2D eigenvalue weighted by atomic mass is 79.9. The zero-order chi connectivity index (χ0) is 18.9. The molecule has 25 heavy (non-hydrogen) atoms. The smallest absolute Gasteiger partial charge is 0.270 e. The molecule has 0 fully saturated rings. The normalized spacial score (nSPS) is 11.4. The number of nitrogens with one attached hydrogen (secondary N) is 2. The van der Waals surface area contributed by atoms with Crippen molar-refractivity contribution in [1.29, 1.82) is 0 Å². The SMILES string of the molecule is CCc1c(S(=O)(=O)Nc2cc(F)c(Br)cc2F)c[nH]c1C(=O)N(C)C. The average Bonchev–Trinajstić information content (AvgIpc) is 2.96.